The molecule has 2 rings (SSSR count). The average Bonchev–Trinajstić information content (AvgIpc) is 2.75. The van der Waals surface area contributed by atoms with E-state index in [-0.39, 0.29) is 14.9 Å². The minimum Gasteiger partial charge on any atom is -0.374 e. The van der Waals surface area contributed by atoms with Crippen LogP contribution in [0.5, 0.6) is 0 Å². The van der Waals surface area contributed by atoms with Gasteiger partial charge in [-0.1, -0.05) is 50.3 Å². The van der Waals surface area contributed by atoms with E-state index in [2.05, 4.69) is 14.9 Å². The lowest BCUT2D eigenvalue weighted by molar-refractivity contribution is 0.589. The molecule has 20 heavy (non-hydrogen) atoms. The van der Waals surface area contributed by atoms with Crippen LogP contribution >= 0.6 is 11.3 Å². The Labute approximate surface area is 122 Å². The second kappa shape index (κ2) is 5.02. The number of benzene rings is 1. The van der Waals surface area contributed by atoms with Crippen molar-refractivity contribution in [2.45, 2.75) is 30.5 Å². The molecule has 0 saturated carbocycles. The van der Waals surface area contributed by atoms with Gasteiger partial charge >= 0.3 is 0 Å². The van der Waals surface area contributed by atoms with E-state index in [9.17, 15) is 8.42 Å². The highest BCUT2D eigenvalue weighted by Gasteiger charge is 2.24. The Balaban J connectivity index is 2.40. The molecule has 0 fully saturated rings. The quantitative estimate of drug-likeness (QED) is 0.905. The van der Waals surface area contributed by atoms with E-state index in [1.807, 2.05) is 32.9 Å². The lowest BCUT2D eigenvalue weighted by atomic mass is 9.86. The van der Waals surface area contributed by atoms with Crippen molar-refractivity contribution < 1.29 is 8.42 Å². The standard InChI is InChI=1S/C12H16N4O2S2/c1-12(2,3)8-6-4-5-7-9(8)16-20(17,18)11-15-14-10(13)19-11/h4-7,16H,1-3H3,(H2,13,14). The molecule has 0 atom stereocenters. The Morgan fingerprint density at radius 1 is 1.20 bits per heavy atom. The first kappa shape index (κ1) is 14.7. The highest BCUT2D eigenvalue weighted by molar-refractivity contribution is 7.94. The van der Waals surface area contributed by atoms with Crippen molar-refractivity contribution in [3.05, 3.63) is 29.8 Å². The van der Waals surface area contributed by atoms with Gasteiger partial charge in [0.2, 0.25) is 5.13 Å². The molecule has 1 aromatic carbocycles. The number of nitrogens with zero attached hydrogens (tertiary/aromatic N) is 2. The van der Waals surface area contributed by atoms with Crippen LogP contribution < -0.4 is 10.5 Å². The Morgan fingerprint density at radius 2 is 1.85 bits per heavy atom. The van der Waals surface area contributed by atoms with Gasteiger partial charge in [0.1, 0.15) is 0 Å². The third-order valence-electron chi connectivity index (χ3n) is 2.63. The van der Waals surface area contributed by atoms with Gasteiger partial charge in [-0.3, -0.25) is 4.72 Å². The fourth-order valence-electron chi connectivity index (χ4n) is 1.74. The van der Waals surface area contributed by atoms with Crippen LogP contribution in [0.2, 0.25) is 0 Å². The molecule has 0 spiro atoms. The van der Waals surface area contributed by atoms with Crippen molar-refractivity contribution in [2.24, 2.45) is 0 Å². The monoisotopic (exact) mass is 312 g/mol. The highest BCUT2D eigenvalue weighted by atomic mass is 32.2. The van der Waals surface area contributed by atoms with Crippen LogP contribution in [0.1, 0.15) is 26.3 Å². The molecule has 0 saturated heterocycles. The van der Waals surface area contributed by atoms with Crippen LogP contribution in [0.3, 0.4) is 0 Å². The van der Waals surface area contributed by atoms with E-state index in [0.29, 0.717) is 5.69 Å². The molecule has 3 N–H and O–H groups in total. The Hall–Kier alpha value is -1.67. The predicted molar refractivity (Wildman–Crippen MR) is 80.3 cm³/mol. The first-order chi connectivity index (χ1) is 9.20. The van der Waals surface area contributed by atoms with E-state index in [0.717, 1.165) is 16.9 Å². The molecule has 0 bridgehead atoms. The summed E-state index contributed by atoms with van der Waals surface area (Å²) >= 11 is 0.832. The fraction of sp³-hybridized carbons (Fsp3) is 0.333. The van der Waals surface area contributed by atoms with E-state index < -0.39 is 10.0 Å². The Kier molecular flexibility index (Phi) is 3.70. The molecule has 108 valence electrons. The first-order valence-corrected chi connectivity index (χ1v) is 8.21. The van der Waals surface area contributed by atoms with Crippen molar-refractivity contribution in [2.75, 3.05) is 10.5 Å². The second-order valence-electron chi connectivity index (χ2n) is 5.31. The number of nitrogens with two attached hydrogens (primary N) is 1. The van der Waals surface area contributed by atoms with Crippen molar-refractivity contribution in [1.29, 1.82) is 0 Å². The summed E-state index contributed by atoms with van der Waals surface area (Å²) in [6, 6.07) is 7.28. The van der Waals surface area contributed by atoms with Crippen molar-refractivity contribution >= 4 is 32.2 Å². The lowest BCUT2D eigenvalue weighted by Crippen LogP contribution is -2.19. The molecule has 0 amide bonds. The topological polar surface area (TPSA) is 98.0 Å². The molecule has 2 aromatic rings. The smallest absolute Gasteiger partial charge is 0.291 e. The third kappa shape index (κ3) is 3.07. The van der Waals surface area contributed by atoms with Gasteiger partial charge in [-0.2, -0.15) is 8.42 Å². The summed E-state index contributed by atoms with van der Waals surface area (Å²) in [5.74, 6) is 0. The van der Waals surface area contributed by atoms with Crippen LogP contribution in [0.4, 0.5) is 10.8 Å². The SMILES string of the molecule is CC(C)(C)c1ccccc1NS(=O)(=O)c1nnc(N)s1. The van der Waals surface area contributed by atoms with Crippen molar-refractivity contribution in [3.8, 4) is 0 Å². The number of sulfonamides is 1. The van der Waals surface area contributed by atoms with Crippen LogP contribution in [-0.4, -0.2) is 18.6 Å². The van der Waals surface area contributed by atoms with Crippen molar-refractivity contribution in [3.63, 3.8) is 0 Å². The zero-order valence-corrected chi connectivity index (χ0v) is 13.0. The predicted octanol–water partition coefficient (Wildman–Crippen LogP) is 2.22. The minimum absolute atomic E-state index is 0.120. The van der Waals surface area contributed by atoms with E-state index >= 15 is 0 Å². The van der Waals surface area contributed by atoms with Gasteiger partial charge in [0.25, 0.3) is 14.4 Å². The zero-order chi connectivity index (χ0) is 15.0. The molecule has 0 radical (unpaired) electrons. The van der Waals surface area contributed by atoms with Gasteiger partial charge in [0.15, 0.2) is 0 Å². The fourth-order valence-corrected chi connectivity index (χ4v) is 3.61. The molecule has 1 heterocycles. The Bertz CT molecular complexity index is 717. The lowest BCUT2D eigenvalue weighted by Gasteiger charge is -2.22. The van der Waals surface area contributed by atoms with Gasteiger partial charge in [-0.05, 0) is 17.0 Å². The molecule has 0 aliphatic heterocycles. The van der Waals surface area contributed by atoms with Crippen LogP contribution in [-0.2, 0) is 15.4 Å². The van der Waals surface area contributed by atoms with Crippen molar-refractivity contribution in [1.82, 2.24) is 10.2 Å². The maximum Gasteiger partial charge on any atom is 0.291 e. The summed E-state index contributed by atoms with van der Waals surface area (Å²) in [6.07, 6.45) is 0. The molecular formula is C12H16N4O2S2. The molecule has 0 aliphatic rings. The summed E-state index contributed by atoms with van der Waals surface area (Å²) in [4.78, 5) is 0. The second-order valence-corrected chi connectivity index (χ2v) is 8.17. The van der Waals surface area contributed by atoms with Crippen LogP contribution in [0, 0.1) is 0 Å². The van der Waals surface area contributed by atoms with Crippen LogP contribution in [0.25, 0.3) is 0 Å². The molecule has 0 unspecified atom stereocenters. The molecule has 0 aliphatic carbocycles. The summed E-state index contributed by atoms with van der Waals surface area (Å²) in [7, 11) is -3.76. The molecule has 8 heteroatoms. The summed E-state index contributed by atoms with van der Waals surface area (Å²) in [5.41, 5.74) is 6.68. The number of hydrogen-bond acceptors (Lipinski definition) is 6. The number of hydrogen-bond donors (Lipinski definition) is 2. The van der Waals surface area contributed by atoms with Crippen LogP contribution in [0.15, 0.2) is 28.6 Å². The van der Waals surface area contributed by atoms with Gasteiger partial charge in [0, 0.05) is 0 Å². The molecular weight excluding hydrogens is 296 g/mol. The zero-order valence-electron chi connectivity index (χ0n) is 11.4. The van der Waals surface area contributed by atoms with Gasteiger partial charge in [0.05, 0.1) is 5.69 Å². The van der Waals surface area contributed by atoms with Gasteiger partial charge in [-0.15, -0.1) is 10.2 Å². The average molecular weight is 312 g/mol. The first-order valence-electron chi connectivity index (χ1n) is 5.91. The number of aromatic nitrogens is 2. The van der Waals surface area contributed by atoms with E-state index in [1.54, 1.807) is 12.1 Å². The number of para-hydroxylation sites is 1. The van der Waals surface area contributed by atoms with E-state index in [4.69, 9.17) is 5.73 Å². The number of rotatable bonds is 3. The third-order valence-corrected chi connectivity index (χ3v) is 5.12. The minimum atomic E-state index is -3.76. The largest absolute Gasteiger partial charge is 0.374 e. The maximum absolute atomic E-state index is 12.2. The number of nitrogens with one attached hydrogen (secondary N) is 1. The number of anilines is 2. The number of nitrogen functional groups attached to an aromatic ring is 1. The maximum atomic E-state index is 12.2. The Morgan fingerprint density at radius 3 is 2.40 bits per heavy atom. The molecule has 1 aromatic heterocycles. The summed E-state index contributed by atoms with van der Waals surface area (Å²) in [6.45, 7) is 6.05. The van der Waals surface area contributed by atoms with Gasteiger partial charge < -0.3 is 5.73 Å². The summed E-state index contributed by atoms with van der Waals surface area (Å²) in [5, 5.41) is 7.21. The van der Waals surface area contributed by atoms with Gasteiger partial charge in [-0.25, -0.2) is 0 Å². The normalized spacial score (nSPS) is 12.3. The molecule has 6 nitrogen and oxygen atoms in total. The summed E-state index contributed by atoms with van der Waals surface area (Å²) < 4.78 is 26.9. The highest BCUT2D eigenvalue weighted by Crippen LogP contribution is 2.31. The van der Waals surface area contributed by atoms with E-state index in [1.165, 1.54) is 0 Å².